The SMILES string of the molecule is CC(O)CN(CC(=O)Nc1ccccc1Sc1ccccc1)c1ccccc1. The first-order valence-corrected chi connectivity index (χ1v) is 10.0. The molecular weight excluding hydrogens is 368 g/mol. The number of amides is 1. The van der Waals surface area contributed by atoms with Crippen LogP contribution in [-0.2, 0) is 4.79 Å². The molecule has 0 heterocycles. The van der Waals surface area contributed by atoms with E-state index in [1.54, 1.807) is 18.7 Å². The molecule has 0 radical (unpaired) electrons. The number of hydrogen-bond donors (Lipinski definition) is 2. The summed E-state index contributed by atoms with van der Waals surface area (Å²) in [6.45, 7) is 2.27. The minimum absolute atomic E-state index is 0.120. The van der Waals surface area contributed by atoms with E-state index < -0.39 is 6.10 Å². The zero-order valence-corrected chi connectivity index (χ0v) is 16.6. The molecule has 1 amide bonds. The van der Waals surface area contributed by atoms with Crippen LogP contribution in [0.5, 0.6) is 0 Å². The molecule has 0 saturated carbocycles. The quantitative estimate of drug-likeness (QED) is 0.585. The molecular formula is C23H24N2O2S. The van der Waals surface area contributed by atoms with Gasteiger partial charge in [-0.3, -0.25) is 4.79 Å². The van der Waals surface area contributed by atoms with Crippen LogP contribution in [-0.4, -0.2) is 30.2 Å². The van der Waals surface area contributed by atoms with Gasteiger partial charge < -0.3 is 15.3 Å². The predicted octanol–water partition coefficient (Wildman–Crippen LogP) is 4.66. The van der Waals surface area contributed by atoms with Gasteiger partial charge in [0.05, 0.1) is 18.3 Å². The fourth-order valence-electron chi connectivity index (χ4n) is 2.86. The standard InChI is InChI=1S/C23H24N2O2S/c1-18(26)16-25(19-10-4-2-5-11-19)17-23(27)24-21-14-8-9-15-22(21)28-20-12-6-3-7-13-20/h2-15,18,26H,16-17H2,1H3,(H,24,27). The van der Waals surface area contributed by atoms with Crippen LogP contribution in [0.15, 0.2) is 94.7 Å². The molecule has 0 fully saturated rings. The topological polar surface area (TPSA) is 52.6 Å². The Morgan fingerprint density at radius 3 is 2.25 bits per heavy atom. The summed E-state index contributed by atoms with van der Waals surface area (Å²) in [5.41, 5.74) is 1.69. The van der Waals surface area contributed by atoms with Crippen LogP contribution >= 0.6 is 11.8 Å². The Balaban J connectivity index is 1.71. The van der Waals surface area contributed by atoms with Gasteiger partial charge in [0.25, 0.3) is 0 Å². The molecule has 0 aliphatic rings. The van der Waals surface area contributed by atoms with E-state index in [1.165, 1.54) is 0 Å². The number of nitrogens with one attached hydrogen (secondary N) is 1. The molecule has 0 bridgehead atoms. The van der Waals surface area contributed by atoms with Crippen LogP contribution < -0.4 is 10.2 Å². The van der Waals surface area contributed by atoms with E-state index in [0.29, 0.717) is 6.54 Å². The highest BCUT2D eigenvalue weighted by Gasteiger charge is 2.15. The lowest BCUT2D eigenvalue weighted by atomic mass is 10.2. The average molecular weight is 393 g/mol. The molecule has 28 heavy (non-hydrogen) atoms. The van der Waals surface area contributed by atoms with E-state index in [-0.39, 0.29) is 12.5 Å². The monoisotopic (exact) mass is 392 g/mol. The molecule has 0 spiro atoms. The highest BCUT2D eigenvalue weighted by Crippen LogP contribution is 2.33. The van der Waals surface area contributed by atoms with Crippen LogP contribution in [0.3, 0.4) is 0 Å². The normalized spacial score (nSPS) is 11.6. The number of aliphatic hydroxyl groups excluding tert-OH is 1. The van der Waals surface area contributed by atoms with Crippen molar-refractivity contribution in [1.82, 2.24) is 0 Å². The molecule has 4 nitrogen and oxygen atoms in total. The zero-order valence-electron chi connectivity index (χ0n) is 15.8. The van der Waals surface area contributed by atoms with Crippen molar-refractivity contribution in [3.05, 3.63) is 84.9 Å². The van der Waals surface area contributed by atoms with E-state index in [4.69, 9.17) is 0 Å². The van der Waals surface area contributed by atoms with Gasteiger partial charge in [0.2, 0.25) is 5.91 Å². The lowest BCUT2D eigenvalue weighted by molar-refractivity contribution is -0.115. The lowest BCUT2D eigenvalue weighted by Gasteiger charge is -2.25. The molecule has 3 aromatic rings. The number of benzene rings is 3. The third-order valence-electron chi connectivity index (χ3n) is 4.07. The Morgan fingerprint density at radius 2 is 1.57 bits per heavy atom. The summed E-state index contributed by atoms with van der Waals surface area (Å²) in [7, 11) is 0. The van der Waals surface area contributed by atoms with Gasteiger partial charge in [-0.15, -0.1) is 0 Å². The Bertz CT molecular complexity index is 885. The smallest absolute Gasteiger partial charge is 0.243 e. The minimum Gasteiger partial charge on any atom is -0.392 e. The summed E-state index contributed by atoms with van der Waals surface area (Å²) in [5.74, 6) is -0.120. The fraction of sp³-hybridized carbons (Fsp3) is 0.174. The van der Waals surface area contributed by atoms with Crippen molar-refractivity contribution in [3.8, 4) is 0 Å². The van der Waals surface area contributed by atoms with Gasteiger partial charge in [0.15, 0.2) is 0 Å². The van der Waals surface area contributed by atoms with Crippen molar-refractivity contribution in [2.75, 3.05) is 23.3 Å². The van der Waals surface area contributed by atoms with Crippen molar-refractivity contribution in [2.24, 2.45) is 0 Å². The molecule has 3 aromatic carbocycles. The first-order chi connectivity index (χ1) is 13.6. The Hall–Kier alpha value is -2.76. The maximum Gasteiger partial charge on any atom is 0.243 e. The van der Waals surface area contributed by atoms with Crippen LogP contribution in [0, 0.1) is 0 Å². The number of carbonyl (C=O) groups is 1. The van der Waals surface area contributed by atoms with E-state index in [9.17, 15) is 9.90 Å². The van der Waals surface area contributed by atoms with Crippen molar-refractivity contribution in [2.45, 2.75) is 22.8 Å². The number of hydrogen-bond acceptors (Lipinski definition) is 4. The summed E-state index contributed by atoms with van der Waals surface area (Å²) in [5, 5.41) is 12.8. The van der Waals surface area contributed by atoms with Crippen molar-refractivity contribution < 1.29 is 9.90 Å². The molecule has 0 aliphatic carbocycles. The Kier molecular flexibility index (Phi) is 7.12. The molecule has 0 saturated heterocycles. The number of anilines is 2. The summed E-state index contributed by atoms with van der Waals surface area (Å²) < 4.78 is 0. The van der Waals surface area contributed by atoms with Gasteiger partial charge in [-0.1, -0.05) is 60.3 Å². The van der Waals surface area contributed by atoms with Gasteiger partial charge in [0, 0.05) is 22.0 Å². The highest BCUT2D eigenvalue weighted by atomic mass is 32.2. The second-order valence-corrected chi connectivity index (χ2v) is 7.64. The molecule has 1 unspecified atom stereocenters. The van der Waals surface area contributed by atoms with E-state index in [1.807, 2.05) is 89.8 Å². The van der Waals surface area contributed by atoms with Gasteiger partial charge in [-0.2, -0.15) is 0 Å². The van der Waals surface area contributed by atoms with Crippen molar-refractivity contribution >= 4 is 29.0 Å². The van der Waals surface area contributed by atoms with E-state index in [2.05, 4.69) is 5.32 Å². The summed E-state index contributed by atoms with van der Waals surface area (Å²) in [6.07, 6.45) is -0.533. The molecule has 5 heteroatoms. The number of nitrogens with zero attached hydrogens (tertiary/aromatic N) is 1. The maximum atomic E-state index is 12.7. The van der Waals surface area contributed by atoms with E-state index in [0.717, 1.165) is 21.2 Å². The third-order valence-corrected chi connectivity index (χ3v) is 5.16. The van der Waals surface area contributed by atoms with Crippen molar-refractivity contribution in [1.29, 1.82) is 0 Å². The van der Waals surface area contributed by atoms with Gasteiger partial charge in [-0.05, 0) is 43.3 Å². The molecule has 3 rings (SSSR count). The predicted molar refractivity (Wildman–Crippen MR) is 116 cm³/mol. The van der Waals surface area contributed by atoms with E-state index >= 15 is 0 Å². The zero-order chi connectivity index (χ0) is 19.8. The maximum absolute atomic E-state index is 12.7. The second kappa shape index (κ2) is 9.97. The van der Waals surface area contributed by atoms with Crippen LogP contribution in [0.1, 0.15) is 6.92 Å². The number of carbonyl (C=O) groups excluding carboxylic acids is 1. The third kappa shape index (κ3) is 5.87. The Labute approximate surface area is 170 Å². The molecule has 1 atom stereocenters. The average Bonchev–Trinajstić information content (AvgIpc) is 2.70. The number of para-hydroxylation sites is 2. The largest absolute Gasteiger partial charge is 0.392 e. The van der Waals surface area contributed by atoms with Crippen LogP contribution in [0.2, 0.25) is 0 Å². The summed E-state index contributed by atoms with van der Waals surface area (Å²) >= 11 is 1.61. The molecule has 144 valence electrons. The number of aliphatic hydroxyl groups is 1. The van der Waals surface area contributed by atoms with Crippen LogP contribution in [0.4, 0.5) is 11.4 Å². The second-order valence-electron chi connectivity index (χ2n) is 6.52. The van der Waals surface area contributed by atoms with Crippen LogP contribution in [0.25, 0.3) is 0 Å². The fourth-order valence-corrected chi connectivity index (χ4v) is 3.78. The van der Waals surface area contributed by atoms with Gasteiger partial charge >= 0.3 is 0 Å². The molecule has 2 N–H and O–H groups in total. The van der Waals surface area contributed by atoms with Gasteiger partial charge in [0.1, 0.15) is 0 Å². The summed E-state index contributed by atoms with van der Waals surface area (Å²) in [6, 6.07) is 27.5. The van der Waals surface area contributed by atoms with Gasteiger partial charge in [-0.25, -0.2) is 0 Å². The first-order valence-electron chi connectivity index (χ1n) is 9.21. The highest BCUT2D eigenvalue weighted by molar-refractivity contribution is 7.99. The molecule has 0 aliphatic heterocycles. The number of rotatable bonds is 8. The Morgan fingerprint density at radius 1 is 0.964 bits per heavy atom. The summed E-state index contributed by atoms with van der Waals surface area (Å²) in [4.78, 5) is 16.7. The minimum atomic E-state index is -0.533. The van der Waals surface area contributed by atoms with Crippen molar-refractivity contribution in [3.63, 3.8) is 0 Å². The molecule has 0 aromatic heterocycles. The lowest BCUT2D eigenvalue weighted by Crippen LogP contribution is -2.37. The first kappa shape index (κ1) is 20.0.